The second-order valence-corrected chi connectivity index (χ2v) is 8.37. The van der Waals surface area contributed by atoms with Crippen molar-refractivity contribution in [3.05, 3.63) is 75.3 Å². The van der Waals surface area contributed by atoms with Crippen LogP contribution in [0, 0.1) is 17.0 Å². The van der Waals surface area contributed by atoms with Crippen LogP contribution < -0.4 is 5.32 Å². The first kappa shape index (κ1) is 18.3. The molecule has 29 heavy (non-hydrogen) atoms. The monoisotopic (exact) mass is 393 g/mol. The maximum Gasteiger partial charge on any atom is 0.269 e. The summed E-state index contributed by atoms with van der Waals surface area (Å²) < 4.78 is 0. The molecule has 7 nitrogen and oxygen atoms in total. The molecule has 7 heteroatoms. The van der Waals surface area contributed by atoms with Crippen LogP contribution in [0.5, 0.6) is 0 Å². The van der Waals surface area contributed by atoms with Gasteiger partial charge in [-0.15, -0.1) is 0 Å². The molecule has 0 aliphatic carbocycles. The number of benzene rings is 2. The largest absolute Gasteiger partial charge is 0.389 e. The maximum atomic E-state index is 13.6. The number of anilines is 1. The Morgan fingerprint density at radius 3 is 2.66 bits per heavy atom. The lowest BCUT2D eigenvalue weighted by atomic mass is 9.67. The number of aliphatic hydroxyl groups is 1. The Balaban J connectivity index is 1.86. The first-order chi connectivity index (χ1) is 14.0. The molecule has 3 aliphatic heterocycles. The third-order valence-electron chi connectivity index (χ3n) is 7.14. The summed E-state index contributed by atoms with van der Waals surface area (Å²) in [6.45, 7) is 1.93. The van der Waals surface area contributed by atoms with Gasteiger partial charge < -0.3 is 10.4 Å². The number of amides is 1. The van der Waals surface area contributed by atoms with Crippen LogP contribution in [0.3, 0.4) is 0 Å². The lowest BCUT2D eigenvalue weighted by molar-refractivity contribution is -0.580. The van der Waals surface area contributed by atoms with E-state index in [-0.39, 0.29) is 10.8 Å². The molecule has 1 amide bonds. The molecular weight excluding hydrogens is 370 g/mol. The molecule has 0 radical (unpaired) electrons. The Morgan fingerprint density at radius 2 is 1.97 bits per heavy atom. The van der Waals surface area contributed by atoms with Gasteiger partial charge in [0, 0.05) is 22.7 Å². The number of hydrogen-bond acceptors (Lipinski definition) is 5. The molecule has 1 spiro atoms. The Kier molecular flexibility index (Phi) is 3.85. The molecule has 0 aromatic heterocycles. The van der Waals surface area contributed by atoms with Gasteiger partial charge in [-0.2, -0.15) is 0 Å². The minimum atomic E-state index is -1.65. The van der Waals surface area contributed by atoms with Gasteiger partial charge in [-0.05, 0) is 31.4 Å². The Morgan fingerprint density at radius 1 is 1.24 bits per heavy atom. The fourth-order valence-electron chi connectivity index (χ4n) is 6.03. The van der Waals surface area contributed by atoms with Crippen LogP contribution in [0.4, 0.5) is 5.69 Å². The molecule has 2 aromatic rings. The molecule has 0 bridgehead atoms. The predicted molar refractivity (Wildman–Crippen MR) is 107 cm³/mol. The zero-order chi connectivity index (χ0) is 20.4. The van der Waals surface area contributed by atoms with Gasteiger partial charge >= 0.3 is 0 Å². The molecule has 150 valence electrons. The van der Waals surface area contributed by atoms with Gasteiger partial charge in [0.05, 0.1) is 12.0 Å². The number of para-hydroxylation sites is 1. The molecular formula is C22H23N3O4. The summed E-state index contributed by atoms with van der Waals surface area (Å²) in [6, 6.07) is 14.5. The average Bonchev–Trinajstić information content (AvgIpc) is 3.36. The van der Waals surface area contributed by atoms with Crippen molar-refractivity contribution in [3.8, 4) is 0 Å². The van der Waals surface area contributed by atoms with Crippen molar-refractivity contribution in [1.29, 1.82) is 0 Å². The molecule has 2 saturated heterocycles. The minimum absolute atomic E-state index is 0.242. The smallest absolute Gasteiger partial charge is 0.269 e. The number of rotatable bonds is 3. The highest BCUT2D eigenvalue weighted by atomic mass is 16.6. The first-order valence-corrected chi connectivity index (χ1v) is 9.97. The van der Waals surface area contributed by atoms with Gasteiger partial charge in [0.15, 0.2) is 0 Å². The van der Waals surface area contributed by atoms with E-state index in [4.69, 9.17) is 0 Å². The highest BCUT2D eigenvalue weighted by Crippen LogP contribution is 2.63. The summed E-state index contributed by atoms with van der Waals surface area (Å²) in [5.41, 5.74) is 0.344. The number of nitrogens with zero attached hydrogens (tertiary/aromatic N) is 2. The van der Waals surface area contributed by atoms with Crippen molar-refractivity contribution in [2.45, 2.75) is 42.8 Å². The number of nitro groups is 1. The van der Waals surface area contributed by atoms with E-state index >= 15 is 0 Å². The molecule has 4 atom stereocenters. The Hall–Kier alpha value is -2.77. The van der Waals surface area contributed by atoms with E-state index in [2.05, 4.69) is 5.32 Å². The van der Waals surface area contributed by atoms with Crippen molar-refractivity contribution >= 4 is 11.6 Å². The number of nitrogens with one attached hydrogen (secondary N) is 1. The van der Waals surface area contributed by atoms with E-state index in [0.29, 0.717) is 24.2 Å². The molecule has 0 saturated carbocycles. The second kappa shape index (κ2) is 6.11. The lowest BCUT2D eigenvalue weighted by Crippen LogP contribution is -2.55. The summed E-state index contributed by atoms with van der Waals surface area (Å²) in [6.07, 6.45) is 1.35. The summed E-state index contributed by atoms with van der Waals surface area (Å²) in [5, 5.41) is 26.1. The maximum absolute atomic E-state index is 13.6. The van der Waals surface area contributed by atoms with Crippen molar-refractivity contribution in [2.24, 2.45) is 0 Å². The number of carbonyl (C=O) groups is 1. The van der Waals surface area contributed by atoms with Gasteiger partial charge in [-0.3, -0.25) is 19.8 Å². The normalized spacial score (nSPS) is 33.0. The van der Waals surface area contributed by atoms with Gasteiger partial charge in [-0.1, -0.05) is 48.0 Å². The topological polar surface area (TPSA) is 95.7 Å². The molecule has 2 fully saturated rings. The molecule has 2 N–H and O–H groups in total. The number of aryl methyl sites for hydroxylation is 1. The minimum Gasteiger partial charge on any atom is -0.389 e. The van der Waals surface area contributed by atoms with Crippen molar-refractivity contribution in [3.63, 3.8) is 0 Å². The van der Waals surface area contributed by atoms with E-state index in [1.54, 1.807) is 0 Å². The van der Waals surface area contributed by atoms with Crippen LogP contribution in [0.1, 0.15) is 35.4 Å². The lowest BCUT2D eigenvalue weighted by Gasteiger charge is -2.37. The number of aliphatic hydroxyl groups excluding tert-OH is 1. The van der Waals surface area contributed by atoms with Crippen LogP contribution in [0.25, 0.3) is 0 Å². The van der Waals surface area contributed by atoms with Crippen LogP contribution in [-0.2, 0) is 10.3 Å². The zero-order valence-electron chi connectivity index (χ0n) is 16.2. The van der Waals surface area contributed by atoms with Crippen molar-refractivity contribution in [1.82, 2.24) is 4.90 Å². The van der Waals surface area contributed by atoms with Crippen LogP contribution >= 0.6 is 0 Å². The van der Waals surface area contributed by atoms with E-state index < -0.39 is 29.6 Å². The van der Waals surface area contributed by atoms with Gasteiger partial charge in [0.2, 0.25) is 0 Å². The highest BCUT2D eigenvalue weighted by Gasteiger charge is 2.78. The molecule has 1 unspecified atom stereocenters. The summed E-state index contributed by atoms with van der Waals surface area (Å²) in [4.78, 5) is 27.9. The number of fused-ring (bicyclic) bond motifs is 4. The second-order valence-electron chi connectivity index (χ2n) is 8.37. The summed E-state index contributed by atoms with van der Waals surface area (Å²) in [5.74, 6) is -1.04. The Bertz CT molecular complexity index is 1010. The first-order valence-electron chi connectivity index (χ1n) is 9.97. The van der Waals surface area contributed by atoms with E-state index in [1.807, 2.05) is 60.4 Å². The molecule has 5 rings (SSSR count). The SMILES string of the molecule is Cc1ccc([C@H]2C3(C(=O)Nc4ccccc43)N3CCC[C@@H]3[C@]2(CO)[N+](=O)[O-])cc1. The van der Waals surface area contributed by atoms with Crippen LogP contribution in [0.2, 0.25) is 0 Å². The fourth-order valence-corrected chi connectivity index (χ4v) is 6.03. The zero-order valence-corrected chi connectivity index (χ0v) is 16.2. The number of carbonyl (C=O) groups excluding carboxylic acids is 1. The number of hydrogen-bond donors (Lipinski definition) is 2. The quantitative estimate of drug-likeness (QED) is 0.617. The molecule has 3 heterocycles. The summed E-state index contributed by atoms with van der Waals surface area (Å²) in [7, 11) is 0. The molecule has 2 aromatic carbocycles. The van der Waals surface area contributed by atoms with Gasteiger partial charge in [0.1, 0.15) is 12.1 Å². The van der Waals surface area contributed by atoms with Crippen molar-refractivity contribution in [2.75, 3.05) is 18.5 Å². The molecule has 3 aliphatic rings. The third kappa shape index (κ3) is 2.06. The Labute approximate surface area is 168 Å². The van der Waals surface area contributed by atoms with E-state index in [9.17, 15) is 20.0 Å². The van der Waals surface area contributed by atoms with Gasteiger partial charge in [-0.25, -0.2) is 0 Å². The highest BCUT2D eigenvalue weighted by molar-refractivity contribution is 6.07. The van der Waals surface area contributed by atoms with E-state index in [0.717, 1.165) is 17.5 Å². The van der Waals surface area contributed by atoms with Gasteiger partial charge in [0.25, 0.3) is 11.4 Å². The van der Waals surface area contributed by atoms with Crippen LogP contribution in [0.15, 0.2) is 48.5 Å². The predicted octanol–water partition coefficient (Wildman–Crippen LogP) is 2.41. The average molecular weight is 393 g/mol. The van der Waals surface area contributed by atoms with Crippen molar-refractivity contribution < 1.29 is 14.8 Å². The fraction of sp³-hybridized carbons (Fsp3) is 0.409. The van der Waals surface area contributed by atoms with Crippen LogP contribution in [-0.4, -0.2) is 45.6 Å². The summed E-state index contributed by atoms with van der Waals surface area (Å²) >= 11 is 0. The standard InChI is InChI=1S/C22H23N3O4/c1-14-8-10-15(11-9-14)19-21(13-26,25(28)29)18-7-4-12-24(18)22(19)16-5-2-3-6-17(16)23-20(22)27/h2-3,5-6,8-11,18-19,26H,4,7,12-13H2,1H3,(H,23,27)/t18-,19-,21+,22?/m1/s1. The third-order valence-corrected chi connectivity index (χ3v) is 7.14. The van der Waals surface area contributed by atoms with E-state index in [1.165, 1.54) is 0 Å².